The van der Waals surface area contributed by atoms with Crippen LogP contribution in [-0.2, 0) is 6.54 Å². The quantitative estimate of drug-likeness (QED) is 0.211. The minimum Gasteiger partial charge on any atom is -0.382 e. The fourth-order valence-electron chi connectivity index (χ4n) is 5.50. The van der Waals surface area contributed by atoms with E-state index >= 15 is 0 Å². The Labute approximate surface area is 248 Å². The summed E-state index contributed by atoms with van der Waals surface area (Å²) >= 11 is 0. The predicted octanol–water partition coefficient (Wildman–Crippen LogP) is 6.25. The van der Waals surface area contributed by atoms with Crippen LogP contribution in [0.2, 0.25) is 0 Å². The molecule has 0 unspecified atom stereocenters. The molecule has 1 aliphatic rings. The number of nitrogens with zero attached hydrogens (tertiary/aromatic N) is 7. The highest BCUT2D eigenvalue weighted by Crippen LogP contribution is 2.29. The van der Waals surface area contributed by atoms with Gasteiger partial charge in [-0.1, -0.05) is 18.2 Å². The van der Waals surface area contributed by atoms with Gasteiger partial charge in [0.1, 0.15) is 17.4 Å². The monoisotopic (exact) mass is 579 g/mol. The SMILES string of the molecule is C[C@H](Nc1ncc(C#N)c(-c2cnc3c(C(F)F)cccn23)n1)c1cccc(NC2CCN(Cc3cccnc3)CC2)c1. The molecule has 5 heterocycles. The van der Waals surface area contributed by atoms with Crippen molar-refractivity contribution in [2.75, 3.05) is 23.7 Å². The summed E-state index contributed by atoms with van der Waals surface area (Å²) in [4.78, 5) is 19.8. The molecular formula is C32H31F2N9. The van der Waals surface area contributed by atoms with Crippen LogP contribution in [0.4, 0.5) is 20.4 Å². The number of rotatable bonds is 9. The number of halogens is 2. The van der Waals surface area contributed by atoms with Crippen LogP contribution in [0.3, 0.4) is 0 Å². The molecule has 0 spiro atoms. The standard InChI is InChI=1S/C32H31F2N9/c1-21(23-6-2-7-26(15-23)40-25-9-13-42(14-10-25)20-22-5-3-11-36-17-22)39-32-38-18-24(16-35)29(41-32)28-19-37-31-27(30(33)34)8-4-12-43(28)31/h2-8,11-12,15,17-19,21,25,30,40H,9-10,13-14,20H2,1H3,(H,38,39,41)/t21-/m0/s1. The summed E-state index contributed by atoms with van der Waals surface area (Å²) in [6.45, 7) is 4.99. The fraction of sp³-hybridized carbons (Fsp3) is 0.281. The van der Waals surface area contributed by atoms with Crippen LogP contribution >= 0.6 is 0 Å². The number of nitrogens with one attached hydrogen (secondary N) is 2. The fourth-order valence-corrected chi connectivity index (χ4v) is 5.50. The highest BCUT2D eigenvalue weighted by molar-refractivity contribution is 5.68. The maximum Gasteiger partial charge on any atom is 0.267 e. The van der Waals surface area contributed by atoms with Crippen molar-refractivity contribution in [3.63, 3.8) is 0 Å². The van der Waals surface area contributed by atoms with Gasteiger partial charge < -0.3 is 10.6 Å². The van der Waals surface area contributed by atoms with Gasteiger partial charge in [0, 0.05) is 50.0 Å². The second-order valence-electron chi connectivity index (χ2n) is 10.7. The van der Waals surface area contributed by atoms with Crippen LogP contribution in [0, 0.1) is 11.3 Å². The lowest BCUT2D eigenvalue weighted by molar-refractivity contribution is 0.152. The van der Waals surface area contributed by atoms with E-state index in [9.17, 15) is 14.0 Å². The topological polar surface area (TPSA) is 107 Å². The van der Waals surface area contributed by atoms with E-state index < -0.39 is 6.43 Å². The van der Waals surface area contributed by atoms with E-state index in [1.807, 2.05) is 31.3 Å². The number of likely N-dealkylation sites (tertiary alicyclic amines) is 1. The van der Waals surface area contributed by atoms with Crippen LogP contribution in [0.1, 0.15) is 54.5 Å². The Morgan fingerprint density at radius 2 is 1.91 bits per heavy atom. The maximum atomic E-state index is 13.5. The molecule has 43 heavy (non-hydrogen) atoms. The van der Waals surface area contributed by atoms with Gasteiger partial charge in [0.25, 0.3) is 6.43 Å². The third-order valence-corrected chi connectivity index (χ3v) is 7.77. The molecule has 0 aliphatic carbocycles. The second kappa shape index (κ2) is 12.5. The average Bonchev–Trinajstić information content (AvgIpc) is 3.47. The molecular weight excluding hydrogens is 548 g/mol. The minimum absolute atomic E-state index is 0.126. The van der Waals surface area contributed by atoms with Crippen molar-refractivity contribution in [3.8, 4) is 17.5 Å². The van der Waals surface area contributed by atoms with Gasteiger partial charge in [0.2, 0.25) is 5.95 Å². The first-order valence-electron chi connectivity index (χ1n) is 14.2. The van der Waals surface area contributed by atoms with E-state index in [2.05, 4.69) is 59.7 Å². The summed E-state index contributed by atoms with van der Waals surface area (Å²) in [5.41, 5.74) is 4.25. The van der Waals surface area contributed by atoms with E-state index in [0.717, 1.165) is 43.7 Å². The Hall–Kier alpha value is -4.95. The Kier molecular flexibility index (Phi) is 8.20. The summed E-state index contributed by atoms with van der Waals surface area (Å²) in [5, 5.41) is 16.7. The van der Waals surface area contributed by atoms with Crippen LogP contribution in [0.15, 0.2) is 79.5 Å². The zero-order valence-corrected chi connectivity index (χ0v) is 23.7. The van der Waals surface area contributed by atoms with E-state index in [0.29, 0.717) is 23.4 Å². The average molecular weight is 580 g/mol. The molecule has 6 rings (SSSR count). The van der Waals surface area contributed by atoms with Gasteiger partial charge in [-0.25, -0.2) is 23.7 Å². The molecule has 4 aromatic heterocycles. The number of hydrogen-bond donors (Lipinski definition) is 2. The first-order chi connectivity index (χ1) is 21.0. The summed E-state index contributed by atoms with van der Waals surface area (Å²) in [7, 11) is 0. The highest BCUT2D eigenvalue weighted by Gasteiger charge is 2.21. The van der Waals surface area contributed by atoms with Gasteiger partial charge in [-0.15, -0.1) is 0 Å². The van der Waals surface area contributed by atoms with Crippen molar-refractivity contribution in [2.45, 2.75) is 44.8 Å². The van der Waals surface area contributed by atoms with Crippen LogP contribution in [-0.4, -0.2) is 48.4 Å². The van der Waals surface area contributed by atoms with Crippen LogP contribution in [0.5, 0.6) is 0 Å². The third kappa shape index (κ3) is 6.29. The minimum atomic E-state index is -2.67. The lowest BCUT2D eigenvalue weighted by atomic mass is 10.0. The third-order valence-electron chi connectivity index (χ3n) is 7.77. The number of anilines is 2. The van der Waals surface area contributed by atoms with Gasteiger partial charge in [0.05, 0.1) is 35.3 Å². The summed E-state index contributed by atoms with van der Waals surface area (Å²) in [5.74, 6) is 0.320. The number of alkyl halides is 2. The normalized spacial score (nSPS) is 15.0. The van der Waals surface area contributed by atoms with Crippen molar-refractivity contribution in [1.82, 2.24) is 29.2 Å². The number of benzene rings is 1. The van der Waals surface area contributed by atoms with Crippen LogP contribution < -0.4 is 10.6 Å². The molecule has 1 aromatic carbocycles. The predicted molar refractivity (Wildman–Crippen MR) is 161 cm³/mol. The number of aromatic nitrogens is 5. The molecule has 9 nitrogen and oxygen atoms in total. The Bertz CT molecular complexity index is 1740. The molecule has 0 bridgehead atoms. The van der Waals surface area contributed by atoms with Crippen molar-refractivity contribution in [2.24, 2.45) is 0 Å². The number of nitriles is 1. The molecule has 0 amide bonds. The summed E-state index contributed by atoms with van der Waals surface area (Å²) in [6.07, 6.45) is 7.70. The van der Waals surface area contributed by atoms with Crippen molar-refractivity contribution < 1.29 is 8.78 Å². The second-order valence-corrected chi connectivity index (χ2v) is 10.7. The number of fused-ring (bicyclic) bond motifs is 1. The number of piperidine rings is 1. The zero-order chi connectivity index (χ0) is 29.8. The summed E-state index contributed by atoms with van der Waals surface area (Å²) < 4.78 is 28.6. The number of hydrogen-bond acceptors (Lipinski definition) is 8. The van der Waals surface area contributed by atoms with Gasteiger partial charge in [0.15, 0.2) is 0 Å². The maximum absolute atomic E-state index is 13.5. The first-order valence-corrected chi connectivity index (χ1v) is 14.2. The molecule has 0 saturated carbocycles. The highest BCUT2D eigenvalue weighted by atomic mass is 19.3. The molecule has 1 fully saturated rings. The molecule has 5 aromatic rings. The molecule has 1 saturated heterocycles. The lowest BCUT2D eigenvalue weighted by Crippen LogP contribution is -2.38. The van der Waals surface area contributed by atoms with Crippen molar-refractivity contribution in [1.29, 1.82) is 5.26 Å². The van der Waals surface area contributed by atoms with E-state index in [4.69, 9.17) is 0 Å². The Morgan fingerprint density at radius 3 is 2.67 bits per heavy atom. The lowest BCUT2D eigenvalue weighted by Gasteiger charge is -2.33. The largest absolute Gasteiger partial charge is 0.382 e. The van der Waals surface area contributed by atoms with Crippen molar-refractivity contribution >= 4 is 17.3 Å². The molecule has 0 radical (unpaired) electrons. The molecule has 218 valence electrons. The Morgan fingerprint density at radius 1 is 1.05 bits per heavy atom. The number of imidazole rings is 1. The first kappa shape index (κ1) is 28.2. The van der Waals surface area contributed by atoms with Gasteiger partial charge in [-0.05, 0) is 61.2 Å². The van der Waals surface area contributed by atoms with Gasteiger partial charge in [-0.2, -0.15) is 5.26 Å². The summed E-state index contributed by atoms with van der Waals surface area (Å²) in [6, 6.07) is 17.6. The molecule has 1 atom stereocenters. The van der Waals surface area contributed by atoms with E-state index in [1.54, 1.807) is 12.4 Å². The zero-order valence-electron chi connectivity index (χ0n) is 23.7. The van der Waals surface area contributed by atoms with Gasteiger partial charge >= 0.3 is 0 Å². The smallest absolute Gasteiger partial charge is 0.267 e. The number of pyridine rings is 2. The molecule has 11 heteroatoms. The van der Waals surface area contributed by atoms with E-state index in [1.165, 1.54) is 34.5 Å². The molecule has 2 N–H and O–H groups in total. The molecule has 1 aliphatic heterocycles. The van der Waals surface area contributed by atoms with Crippen LogP contribution in [0.25, 0.3) is 17.0 Å². The Balaban J connectivity index is 1.13. The van der Waals surface area contributed by atoms with Gasteiger partial charge in [-0.3, -0.25) is 14.3 Å². The van der Waals surface area contributed by atoms with Crippen molar-refractivity contribution in [3.05, 3.63) is 102 Å². The van der Waals surface area contributed by atoms with E-state index in [-0.39, 0.29) is 22.8 Å².